The molecular formula is C22H27N3O5S. The van der Waals surface area contributed by atoms with E-state index in [0.717, 1.165) is 12.3 Å². The maximum atomic E-state index is 13.0. The zero-order chi connectivity index (χ0) is 23.8. The van der Waals surface area contributed by atoms with Gasteiger partial charge in [0.2, 0.25) is 0 Å². The molecule has 1 aliphatic carbocycles. The first-order valence-corrected chi connectivity index (χ1v) is 11.5. The number of carbonyl (C=O) groups is 1. The molecule has 0 unspecified atom stereocenters. The van der Waals surface area contributed by atoms with Crippen molar-refractivity contribution in [2.45, 2.75) is 46.4 Å². The fourth-order valence-electron chi connectivity index (χ4n) is 2.96. The minimum atomic E-state index is -3.59. The first-order chi connectivity index (χ1) is 14.0. The van der Waals surface area contributed by atoms with Crippen molar-refractivity contribution >= 4 is 27.0 Å². The van der Waals surface area contributed by atoms with Gasteiger partial charge in [-0.3, -0.25) is 14.9 Å². The highest BCUT2D eigenvalue weighted by Crippen LogP contribution is 2.39. The number of carbonyl (C=O) groups excluding carboxylic acids is 1. The average molecular weight is 446 g/mol. The van der Waals surface area contributed by atoms with Gasteiger partial charge < -0.3 is 0 Å². The van der Waals surface area contributed by atoms with Crippen molar-refractivity contribution in [3.8, 4) is 0 Å². The summed E-state index contributed by atoms with van der Waals surface area (Å²) in [4.78, 5) is 23.4. The molecule has 0 heterocycles. The van der Waals surface area contributed by atoms with Gasteiger partial charge in [0, 0.05) is 23.5 Å². The number of allylic oxidation sites excluding steroid dienone is 5. The molecule has 2 rings (SSSR count). The summed E-state index contributed by atoms with van der Waals surface area (Å²) in [6.45, 7) is 11.7. The van der Waals surface area contributed by atoms with Crippen LogP contribution in [0.25, 0.3) is 0 Å². The van der Waals surface area contributed by atoms with Crippen molar-refractivity contribution in [3.05, 3.63) is 63.4 Å². The highest BCUT2D eigenvalue weighted by Gasteiger charge is 2.34. The lowest BCUT2D eigenvalue weighted by molar-refractivity contribution is -0.384. The number of nitrogens with zero attached hydrogens (tertiary/aromatic N) is 3. The molecule has 1 aliphatic rings. The molecule has 0 fully saturated rings. The van der Waals surface area contributed by atoms with Crippen LogP contribution in [0.4, 0.5) is 11.4 Å². The fraction of sp³-hybridized carbons (Fsp3) is 0.409. The van der Waals surface area contributed by atoms with Crippen LogP contribution in [0.1, 0.15) is 41.5 Å². The van der Waals surface area contributed by atoms with Crippen LogP contribution in [-0.2, 0) is 14.6 Å². The first kappa shape index (κ1) is 24.3. The van der Waals surface area contributed by atoms with E-state index in [1.54, 1.807) is 12.2 Å². The third-order valence-electron chi connectivity index (χ3n) is 4.67. The Bertz CT molecular complexity index is 1120. The normalized spacial score (nSPS) is 15.7. The molecule has 0 saturated heterocycles. The molecule has 0 aromatic heterocycles. The van der Waals surface area contributed by atoms with Crippen LogP contribution >= 0.6 is 0 Å². The zero-order valence-electron chi connectivity index (χ0n) is 18.8. The second-order valence-electron chi connectivity index (χ2n) is 9.47. The predicted octanol–water partition coefficient (Wildman–Crippen LogP) is 5.49. The molecule has 166 valence electrons. The maximum Gasteiger partial charge on any atom is 0.298 e. The van der Waals surface area contributed by atoms with E-state index in [0.29, 0.717) is 16.7 Å². The number of hydrogen-bond acceptors (Lipinski definition) is 7. The highest BCUT2D eigenvalue weighted by molar-refractivity contribution is 7.90. The van der Waals surface area contributed by atoms with Crippen molar-refractivity contribution in [2.75, 3.05) is 6.26 Å². The number of sulfone groups is 1. The lowest BCUT2D eigenvalue weighted by Crippen LogP contribution is -2.27. The molecular weight excluding hydrogens is 418 g/mol. The maximum absolute atomic E-state index is 13.0. The highest BCUT2D eigenvalue weighted by atomic mass is 32.2. The van der Waals surface area contributed by atoms with E-state index in [9.17, 15) is 23.3 Å². The smallest absolute Gasteiger partial charge is 0.289 e. The van der Waals surface area contributed by atoms with Crippen molar-refractivity contribution < 1.29 is 18.1 Å². The second-order valence-corrected chi connectivity index (χ2v) is 11.5. The molecule has 0 spiro atoms. The van der Waals surface area contributed by atoms with E-state index >= 15 is 0 Å². The van der Waals surface area contributed by atoms with E-state index in [4.69, 9.17) is 0 Å². The van der Waals surface area contributed by atoms with Crippen LogP contribution in [0, 0.1) is 20.9 Å². The summed E-state index contributed by atoms with van der Waals surface area (Å²) in [7, 11) is -3.59. The molecule has 0 bridgehead atoms. The Morgan fingerprint density at radius 1 is 1.00 bits per heavy atom. The summed E-state index contributed by atoms with van der Waals surface area (Å²) in [5, 5.41) is 19.2. The zero-order valence-corrected chi connectivity index (χ0v) is 19.6. The Balaban J connectivity index is 2.52. The Kier molecular flexibility index (Phi) is 6.51. The van der Waals surface area contributed by atoms with Crippen molar-refractivity contribution in [2.24, 2.45) is 21.1 Å². The number of nitro groups is 1. The molecule has 1 aromatic rings. The summed E-state index contributed by atoms with van der Waals surface area (Å²) in [5.41, 5.74) is 0.654. The van der Waals surface area contributed by atoms with E-state index in [1.165, 1.54) is 18.3 Å². The monoisotopic (exact) mass is 445 g/mol. The molecule has 0 N–H and O–H groups in total. The van der Waals surface area contributed by atoms with Gasteiger partial charge in [0.1, 0.15) is 0 Å². The Hall–Kier alpha value is -2.94. The van der Waals surface area contributed by atoms with Crippen LogP contribution in [0.15, 0.2) is 68.4 Å². The third-order valence-corrected chi connectivity index (χ3v) is 5.78. The molecule has 0 amide bonds. The molecule has 0 radical (unpaired) electrons. The SMILES string of the molecule is CC(C)(C)C1=CC(=CN=Nc2ccc(S(C)(=O)=O)cc2[N+](=O)[O-])C=C(C(C)(C)C)C1=O. The summed E-state index contributed by atoms with van der Waals surface area (Å²) in [6, 6.07) is 3.46. The van der Waals surface area contributed by atoms with Gasteiger partial charge in [-0.1, -0.05) is 41.5 Å². The number of nitro benzene ring substituents is 1. The van der Waals surface area contributed by atoms with Crippen molar-refractivity contribution in [3.63, 3.8) is 0 Å². The number of Topliss-reactive ketones (excluding diaryl/α,β-unsaturated/α-hetero) is 1. The Labute approximate surface area is 182 Å². The largest absolute Gasteiger partial charge is 0.298 e. The van der Waals surface area contributed by atoms with E-state index < -0.39 is 20.4 Å². The topological polar surface area (TPSA) is 119 Å². The predicted molar refractivity (Wildman–Crippen MR) is 119 cm³/mol. The number of benzene rings is 1. The molecule has 9 heteroatoms. The molecule has 0 saturated carbocycles. The van der Waals surface area contributed by atoms with Gasteiger partial charge in [-0.2, -0.15) is 5.11 Å². The van der Waals surface area contributed by atoms with Crippen LogP contribution in [0.5, 0.6) is 0 Å². The number of ketones is 1. The lowest BCUT2D eigenvalue weighted by atomic mass is 9.72. The summed E-state index contributed by atoms with van der Waals surface area (Å²) in [6.07, 6.45) is 5.90. The number of rotatable bonds is 4. The number of azo groups is 1. The average Bonchev–Trinajstić information content (AvgIpc) is 2.60. The summed E-state index contributed by atoms with van der Waals surface area (Å²) < 4.78 is 23.3. The van der Waals surface area contributed by atoms with E-state index in [-0.39, 0.29) is 27.2 Å². The van der Waals surface area contributed by atoms with Gasteiger partial charge in [-0.15, -0.1) is 5.11 Å². The van der Waals surface area contributed by atoms with Crippen LogP contribution in [-0.4, -0.2) is 25.4 Å². The lowest BCUT2D eigenvalue weighted by Gasteiger charge is -2.31. The molecule has 1 aromatic carbocycles. The molecule has 0 aliphatic heterocycles. The summed E-state index contributed by atoms with van der Waals surface area (Å²) >= 11 is 0. The van der Waals surface area contributed by atoms with Gasteiger partial charge >= 0.3 is 0 Å². The minimum absolute atomic E-state index is 0.0129. The van der Waals surface area contributed by atoms with Gasteiger partial charge in [0.25, 0.3) is 5.69 Å². The van der Waals surface area contributed by atoms with Crippen LogP contribution < -0.4 is 0 Å². The van der Waals surface area contributed by atoms with Gasteiger partial charge in [0.15, 0.2) is 21.3 Å². The molecule has 31 heavy (non-hydrogen) atoms. The minimum Gasteiger partial charge on any atom is -0.289 e. The van der Waals surface area contributed by atoms with E-state index in [1.807, 2.05) is 41.5 Å². The number of hydrogen-bond donors (Lipinski definition) is 0. The summed E-state index contributed by atoms with van der Waals surface area (Å²) in [5.74, 6) is -0.0129. The Morgan fingerprint density at radius 2 is 1.52 bits per heavy atom. The van der Waals surface area contributed by atoms with Crippen molar-refractivity contribution in [1.29, 1.82) is 0 Å². The van der Waals surface area contributed by atoms with Gasteiger partial charge in [0.05, 0.1) is 16.0 Å². The second kappa shape index (κ2) is 8.30. The van der Waals surface area contributed by atoms with Crippen LogP contribution in [0.3, 0.4) is 0 Å². The molecule has 8 nitrogen and oxygen atoms in total. The third kappa shape index (κ3) is 5.81. The van der Waals surface area contributed by atoms with Crippen LogP contribution in [0.2, 0.25) is 0 Å². The Morgan fingerprint density at radius 3 is 1.94 bits per heavy atom. The standard InChI is InChI=1S/C22H27N3O5S/c1-21(2,3)16-10-14(11-17(20(16)26)22(4,5)6)13-23-24-18-9-8-15(31(7,29)30)12-19(18)25(27)28/h8-13H,1-7H3. The fourth-order valence-corrected chi connectivity index (χ4v) is 3.60. The quantitative estimate of drug-likeness (QED) is 0.345. The van der Waals surface area contributed by atoms with Gasteiger partial charge in [-0.25, -0.2) is 8.42 Å². The van der Waals surface area contributed by atoms with E-state index in [2.05, 4.69) is 10.2 Å². The van der Waals surface area contributed by atoms with Crippen molar-refractivity contribution in [1.82, 2.24) is 0 Å². The molecule has 0 atom stereocenters. The first-order valence-electron chi connectivity index (χ1n) is 9.60. The van der Waals surface area contributed by atoms with Gasteiger partial charge in [-0.05, 0) is 40.7 Å².